The summed E-state index contributed by atoms with van der Waals surface area (Å²) in [5.74, 6) is -0.130. The van der Waals surface area contributed by atoms with E-state index in [1.54, 1.807) is 36.7 Å². The first-order valence-electron chi connectivity index (χ1n) is 10.2. The van der Waals surface area contributed by atoms with Crippen molar-refractivity contribution in [3.63, 3.8) is 0 Å². The van der Waals surface area contributed by atoms with Gasteiger partial charge in [0, 0.05) is 10.3 Å². The van der Waals surface area contributed by atoms with E-state index in [9.17, 15) is 9.59 Å². The van der Waals surface area contributed by atoms with Crippen LogP contribution in [0.4, 0.5) is 0 Å². The standard InChI is InChI=1S/C22H24N4O3S2/c1-13-7-9-15(10-8-13)29-11-18(27)25-26-20(28)14(2)30-21-19-16-5-3-4-6-17(16)31-22(19)24-12-23-21/h7-10,12,14H,3-6,11H2,1-2H3,(H,25,27)(H,26,28)/t14-/m0/s1. The average Bonchev–Trinajstić information content (AvgIpc) is 3.16. The highest BCUT2D eigenvalue weighted by Gasteiger charge is 2.23. The van der Waals surface area contributed by atoms with E-state index in [1.807, 2.05) is 19.1 Å². The lowest BCUT2D eigenvalue weighted by molar-refractivity contribution is -0.129. The Kier molecular flexibility index (Phi) is 6.72. The largest absolute Gasteiger partial charge is 0.484 e. The minimum atomic E-state index is -0.435. The Morgan fingerprint density at radius 3 is 2.74 bits per heavy atom. The molecule has 7 nitrogen and oxygen atoms in total. The van der Waals surface area contributed by atoms with Gasteiger partial charge in [0.2, 0.25) is 0 Å². The minimum Gasteiger partial charge on any atom is -0.484 e. The molecule has 0 aliphatic heterocycles. The fourth-order valence-corrected chi connectivity index (χ4v) is 5.66. The summed E-state index contributed by atoms with van der Waals surface area (Å²) in [7, 11) is 0. The second-order valence-corrected chi connectivity index (χ2v) is 9.88. The molecule has 0 bridgehead atoms. The first kappa shape index (κ1) is 21.6. The van der Waals surface area contributed by atoms with Gasteiger partial charge >= 0.3 is 0 Å². The zero-order valence-electron chi connectivity index (χ0n) is 17.4. The quantitative estimate of drug-likeness (QED) is 0.335. The smallest absolute Gasteiger partial charge is 0.276 e. The number of nitrogens with one attached hydrogen (secondary N) is 2. The third kappa shape index (κ3) is 5.16. The van der Waals surface area contributed by atoms with Crippen LogP contribution < -0.4 is 15.6 Å². The summed E-state index contributed by atoms with van der Waals surface area (Å²) in [6, 6.07) is 7.41. The van der Waals surface area contributed by atoms with Crippen molar-refractivity contribution in [2.75, 3.05) is 6.61 Å². The summed E-state index contributed by atoms with van der Waals surface area (Å²) in [4.78, 5) is 35.7. The van der Waals surface area contributed by atoms with Gasteiger partial charge in [0.15, 0.2) is 6.61 Å². The third-order valence-corrected chi connectivity index (χ3v) is 7.39. The first-order chi connectivity index (χ1) is 15.0. The molecule has 0 spiro atoms. The van der Waals surface area contributed by atoms with Crippen molar-refractivity contribution in [1.82, 2.24) is 20.8 Å². The van der Waals surface area contributed by atoms with E-state index in [-0.39, 0.29) is 12.5 Å². The number of amides is 2. The second kappa shape index (κ2) is 9.65. The van der Waals surface area contributed by atoms with E-state index >= 15 is 0 Å². The van der Waals surface area contributed by atoms with Gasteiger partial charge in [0.1, 0.15) is 21.9 Å². The van der Waals surface area contributed by atoms with Crippen molar-refractivity contribution in [2.24, 2.45) is 0 Å². The Balaban J connectivity index is 1.32. The molecular weight excluding hydrogens is 432 g/mol. The molecule has 31 heavy (non-hydrogen) atoms. The molecule has 2 amide bonds. The number of benzene rings is 1. The number of hydrogen-bond donors (Lipinski definition) is 2. The number of rotatable bonds is 6. The molecule has 1 aliphatic rings. The normalized spacial score (nSPS) is 14.0. The number of hydrazine groups is 1. The Morgan fingerprint density at radius 1 is 1.16 bits per heavy atom. The molecule has 4 rings (SSSR count). The number of aromatic nitrogens is 2. The summed E-state index contributed by atoms with van der Waals surface area (Å²) in [5, 5.41) is 1.47. The Morgan fingerprint density at radius 2 is 1.94 bits per heavy atom. The van der Waals surface area contributed by atoms with E-state index in [0.29, 0.717) is 5.75 Å². The molecule has 0 fully saturated rings. The Bertz CT molecular complexity index is 1100. The molecule has 2 heterocycles. The molecule has 0 saturated heterocycles. The van der Waals surface area contributed by atoms with Crippen molar-refractivity contribution >= 4 is 45.1 Å². The van der Waals surface area contributed by atoms with E-state index in [2.05, 4.69) is 20.8 Å². The number of hydrogen-bond acceptors (Lipinski definition) is 7. The first-order valence-corrected chi connectivity index (χ1v) is 11.9. The number of aryl methyl sites for hydroxylation is 3. The molecule has 9 heteroatoms. The number of nitrogens with zero attached hydrogens (tertiary/aromatic N) is 2. The summed E-state index contributed by atoms with van der Waals surface area (Å²) in [6.45, 7) is 3.59. The van der Waals surface area contributed by atoms with Crippen LogP contribution in [0, 0.1) is 6.92 Å². The van der Waals surface area contributed by atoms with Crippen LogP contribution in [0.2, 0.25) is 0 Å². The topological polar surface area (TPSA) is 93.2 Å². The molecular formula is C22H24N4O3S2. The minimum absolute atomic E-state index is 0.182. The Hall–Kier alpha value is -2.65. The average molecular weight is 457 g/mol. The van der Waals surface area contributed by atoms with Crippen molar-refractivity contribution < 1.29 is 14.3 Å². The predicted molar refractivity (Wildman–Crippen MR) is 122 cm³/mol. The number of carbonyl (C=O) groups is 2. The predicted octanol–water partition coefficient (Wildman–Crippen LogP) is 3.59. The van der Waals surface area contributed by atoms with E-state index in [0.717, 1.165) is 33.6 Å². The monoisotopic (exact) mass is 456 g/mol. The van der Waals surface area contributed by atoms with Crippen LogP contribution in [0.1, 0.15) is 35.8 Å². The Labute approximate surface area is 189 Å². The van der Waals surface area contributed by atoms with Crippen molar-refractivity contribution in [3.8, 4) is 5.75 Å². The van der Waals surface area contributed by atoms with Gasteiger partial charge < -0.3 is 4.74 Å². The molecule has 0 unspecified atom stereocenters. The summed E-state index contributed by atoms with van der Waals surface area (Å²) >= 11 is 3.11. The van der Waals surface area contributed by atoms with Gasteiger partial charge in [0.25, 0.3) is 11.8 Å². The SMILES string of the molecule is Cc1ccc(OCC(=O)NNC(=O)[C@H](C)Sc2ncnc3sc4c(c23)CCCC4)cc1. The molecule has 0 saturated carbocycles. The van der Waals surface area contributed by atoms with Gasteiger partial charge in [-0.1, -0.05) is 29.5 Å². The molecule has 0 radical (unpaired) electrons. The molecule has 2 aromatic heterocycles. The molecule has 1 atom stereocenters. The van der Waals surface area contributed by atoms with Crippen LogP contribution in [-0.2, 0) is 22.4 Å². The number of thioether (sulfide) groups is 1. The third-order valence-electron chi connectivity index (χ3n) is 5.09. The van der Waals surface area contributed by atoms with E-state index < -0.39 is 11.2 Å². The number of carbonyl (C=O) groups excluding carboxylic acids is 2. The van der Waals surface area contributed by atoms with Crippen LogP contribution in [0.5, 0.6) is 5.75 Å². The van der Waals surface area contributed by atoms with Crippen LogP contribution in [-0.4, -0.2) is 33.6 Å². The summed E-state index contributed by atoms with van der Waals surface area (Å²) < 4.78 is 5.42. The van der Waals surface area contributed by atoms with Crippen LogP contribution >= 0.6 is 23.1 Å². The highest BCUT2D eigenvalue weighted by molar-refractivity contribution is 8.00. The maximum atomic E-state index is 12.5. The van der Waals surface area contributed by atoms with Gasteiger partial charge in [-0.3, -0.25) is 20.4 Å². The van der Waals surface area contributed by atoms with Crippen LogP contribution in [0.25, 0.3) is 10.2 Å². The molecule has 2 N–H and O–H groups in total. The van der Waals surface area contributed by atoms with Gasteiger partial charge in [-0.2, -0.15) is 0 Å². The zero-order chi connectivity index (χ0) is 21.8. The van der Waals surface area contributed by atoms with Crippen LogP contribution in [0.15, 0.2) is 35.6 Å². The second-order valence-electron chi connectivity index (χ2n) is 7.47. The summed E-state index contributed by atoms with van der Waals surface area (Å²) in [5.41, 5.74) is 7.32. The van der Waals surface area contributed by atoms with Crippen molar-refractivity contribution in [3.05, 3.63) is 46.6 Å². The fraction of sp³-hybridized carbons (Fsp3) is 0.364. The number of thiophene rings is 1. The molecule has 1 aromatic carbocycles. The van der Waals surface area contributed by atoms with Gasteiger partial charge in [-0.15, -0.1) is 11.3 Å². The molecule has 3 aromatic rings. The number of ether oxygens (including phenoxy) is 1. The van der Waals surface area contributed by atoms with Gasteiger partial charge in [-0.25, -0.2) is 9.97 Å². The maximum absolute atomic E-state index is 12.5. The lowest BCUT2D eigenvalue weighted by Crippen LogP contribution is -2.46. The highest BCUT2D eigenvalue weighted by atomic mass is 32.2. The van der Waals surface area contributed by atoms with Gasteiger partial charge in [-0.05, 0) is 57.2 Å². The fourth-order valence-electron chi connectivity index (χ4n) is 3.42. The molecule has 1 aliphatic carbocycles. The maximum Gasteiger partial charge on any atom is 0.276 e. The van der Waals surface area contributed by atoms with Crippen LogP contribution in [0.3, 0.4) is 0 Å². The summed E-state index contributed by atoms with van der Waals surface area (Å²) in [6.07, 6.45) is 6.06. The van der Waals surface area contributed by atoms with E-state index in [1.165, 1.54) is 35.0 Å². The lowest BCUT2D eigenvalue weighted by atomic mass is 9.97. The number of fused-ring (bicyclic) bond motifs is 3. The highest BCUT2D eigenvalue weighted by Crippen LogP contribution is 2.40. The van der Waals surface area contributed by atoms with Crippen molar-refractivity contribution in [1.29, 1.82) is 0 Å². The molecule has 162 valence electrons. The van der Waals surface area contributed by atoms with E-state index in [4.69, 9.17) is 4.74 Å². The lowest BCUT2D eigenvalue weighted by Gasteiger charge is -2.14. The zero-order valence-corrected chi connectivity index (χ0v) is 19.1. The van der Waals surface area contributed by atoms with Gasteiger partial charge in [0.05, 0.1) is 5.25 Å². The van der Waals surface area contributed by atoms with Crippen molar-refractivity contribution in [2.45, 2.75) is 49.8 Å².